The normalized spacial score (nSPS) is 14.0. The Morgan fingerprint density at radius 3 is 2.50 bits per heavy atom. The minimum absolute atomic E-state index is 0.284. The molecule has 0 atom stereocenters. The molecule has 0 aliphatic carbocycles. The number of hydrogen-bond acceptors (Lipinski definition) is 6. The molecule has 0 saturated carbocycles. The second-order valence-corrected chi connectivity index (χ2v) is 7.52. The van der Waals surface area contributed by atoms with Crippen LogP contribution < -0.4 is 20.4 Å². The van der Waals surface area contributed by atoms with Gasteiger partial charge in [-0.25, -0.2) is 4.98 Å². The van der Waals surface area contributed by atoms with Gasteiger partial charge in [-0.2, -0.15) is 5.26 Å². The van der Waals surface area contributed by atoms with Crippen molar-refractivity contribution in [3.63, 3.8) is 0 Å². The average Bonchev–Trinajstić information content (AvgIpc) is 2.78. The highest BCUT2D eigenvalue weighted by molar-refractivity contribution is 6.39. The summed E-state index contributed by atoms with van der Waals surface area (Å²) in [5, 5.41) is 14.6. The molecule has 1 aliphatic heterocycles. The number of carbonyl (C=O) groups is 2. The van der Waals surface area contributed by atoms with E-state index in [1.807, 2.05) is 31.1 Å². The summed E-state index contributed by atoms with van der Waals surface area (Å²) in [5.41, 5.74) is 2.16. The summed E-state index contributed by atoms with van der Waals surface area (Å²) in [4.78, 5) is 32.7. The van der Waals surface area contributed by atoms with Crippen molar-refractivity contribution < 1.29 is 9.59 Å². The Morgan fingerprint density at radius 2 is 1.87 bits per heavy atom. The van der Waals surface area contributed by atoms with Crippen molar-refractivity contribution in [1.29, 1.82) is 5.26 Å². The van der Waals surface area contributed by atoms with Gasteiger partial charge in [0.2, 0.25) is 0 Å². The van der Waals surface area contributed by atoms with Gasteiger partial charge in [0.25, 0.3) is 0 Å². The SMILES string of the molecule is CN(C)c1ccc(NC(=O)C(=O)NCC2CCN(c3ncccc3C#N)CC2)cc1. The topological polar surface area (TPSA) is 101 Å². The lowest BCUT2D eigenvalue weighted by molar-refractivity contribution is -0.136. The van der Waals surface area contributed by atoms with Gasteiger partial charge in [-0.3, -0.25) is 9.59 Å². The molecule has 2 heterocycles. The summed E-state index contributed by atoms with van der Waals surface area (Å²) in [6.07, 6.45) is 3.40. The third-order valence-corrected chi connectivity index (χ3v) is 5.22. The van der Waals surface area contributed by atoms with Crippen molar-refractivity contribution >= 4 is 29.0 Å². The first-order chi connectivity index (χ1) is 14.5. The Hall–Kier alpha value is -3.60. The third kappa shape index (κ3) is 5.26. The number of hydrogen-bond donors (Lipinski definition) is 2. The number of piperidine rings is 1. The van der Waals surface area contributed by atoms with E-state index in [0.29, 0.717) is 23.6 Å². The average molecular weight is 406 g/mol. The standard InChI is InChI=1S/C22H26N6O2/c1-27(2)19-7-5-18(6-8-19)26-22(30)21(29)25-15-16-9-12-28(13-10-16)20-17(14-23)4-3-11-24-20/h3-8,11,16H,9-10,12-13,15H2,1-2H3,(H,25,29)(H,26,30). The minimum Gasteiger partial charge on any atom is -0.378 e. The first-order valence-electron chi connectivity index (χ1n) is 9.94. The van der Waals surface area contributed by atoms with Crippen LogP contribution in [0.2, 0.25) is 0 Å². The van der Waals surface area contributed by atoms with Gasteiger partial charge in [0.15, 0.2) is 0 Å². The predicted octanol–water partition coefficient (Wildman–Crippen LogP) is 1.99. The van der Waals surface area contributed by atoms with E-state index in [1.54, 1.807) is 30.5 Å². The lowest BCUT2D eigenvalue weighted by Gasteiger charge is -2.33. The van der Waals surface area contributed by atoms with Gasteiger partial charge in [0.1, 0.15) is 11.9 Å². The lowest BCUT2D eigenvalue weighted by atomic mass is 9.96. The van der Waals surface area contributed by atoms with Crippen LogP contribution in [-0.2, 0) is 9.59 Å². The highest BCUT2D eigenvalue weighted by Crippen LogP contribution is 2.23. The maximum Gasteiger partial charge on any atom is 0.313 e. The molecule has 0 bridgehead atoms. The summed E-state index contributed by atoms with van der Waals surface area (Å²) < 4.78 is 0. The molecule has 1 saturated heterocycles. The Balaban J connectivity index is 1.44. The Morgan fingerprint density at radius 1 is 1.17 bits per heavy atom. The van der Waals surface area contributed by atoms with Gasteiger partial charge in [0.05, 0.1) is 5.56 Å². The zero-order chi connectivity index (χ0) is 21.5. The van der Waals surface area contributed by atoms with Crippen molar-refractivity contribution in [3.8, 4) is 6.07 Å². The second-order valence-electron chi connectivity index (χ2n) is 7.52. The molecule has 1 fully saturated rings. The summed E-state index contributed by atoms with van der Waals surface area (Å²) in [6, 6.07) is 13.0. The molecular weight excluding hydrogens is 380 g/mol. The van der Waals surface area contributed by atoms with E-state index in [9.17, 15) is 14.9 Å². The monoisotopic (exact) mass is 406 g/mol. The molecule has 2 amide bonds. The van der Waals surface area contributed by atoms with Gasteiger partial charge in [-0.05, 0) is 55.2 Å². The van der Waals surface area contributed by atoms with Crippen molar-refractivity contribution in [3.05, 3.63) is 48.2 Å². The molecule has 30 heavy (non-hydrogen) atoms. The van der Waals surface area contributed by atoms with Gasteiger partial charge >= 0.3 is 11.8 Å². The number of carbonyl (C=O) groups excluding carboxylic acids is 2. The van der Waals surface area contributed by atoms with Crippen LogP contribution in [0.25, 0.3) is 0 Å². The Kier molecular flexibility index (Phi) is 6.86. The molecule has 1 aliphatic rings. The van der Waals surface area contributed by atoms with E-state index in [-0.39, 0.29) is 5.92 Å². The number of anilines is 3. The molecule has 3 rings (SSSR count). The Labute approximate surface area is 176 Å². The number of nitriles is 1. The number of nitrogens with zero attached hydrogens (tertiary/aromatic N) is 4. The minimum atomic E-state index is -0.669. The number of amides is 2. The van der Waals surface area contributed by atoms with Gasteiger partial charge in [0, 0.05) is 51.3 Å². The molecule has 156 valence electrons. The van der Waals surface area contributed by atoms with Crippen LogP contribution in [0, 0.1) is 17.2 Å². The fraction of sp³-hybridized carbons (Fsp3) is 0.364. The summed E-state index contributed by atoms with van der Waals surface area (Å²) in [6.45, 7) is 1.97. The smallest absolute Gasteiger partial charge is 0.313 e. The van der Waals surface area contributed by atoms with Crippen molar-refractivity contribution in [2.24, 2.45) is 5.92 Å². The van der Waals surface area contributed by atoms with E-state index >= 15 is 0 Å². The third-order valence-electron chi connectivity index (χ3n) is 5.22. The zero-order valence-electron chi connectivity index (χ0n) is 17.3. The second kappa shape index (κ2) is 9.74. The first-order valence-corrected chi connectivity index (χ1v) is 9.94. The highest BCUT2D eigenvalue weighted by Gasteiger charge is 2.23. The van der Waals surface area contributed by atoms with E-state index < -0.39 is 11.8 Å². The van der Waals surface area contributed by atoms with Crippen LogP contribution in [-0.4, -0.2) is 50.5 Å². The zero-order valence-corrected chi connectivity index (χ0v) is 17.3. The highest BCUT2D eigenvalue weighted by atomic mass is 16.2. The first kappa shape index (κ1) is 21.1. The van der Waals surface area contributed by atoms with E-state index in [4.69, 9.17) is 0 Å². The van der Waals surface area contributed by atoms with E-state index in [2.05, 4.69) is 26.6 Å². The van der Waals surface area contributed by atoms with Crippen LogP contribution >= 0.6 is 0 Å². The van der Waals surface area contributed by atoms with Crippen LogP contribution in [0.4, 0.5) is 17.2 Å². The Bertz CT molecular complexity index is 927. The molecule has 1 aromatic carbocycles. The fourth-order valence-electron chi connectivity index (χ4n) is 3.43. The molecule has 0 unspecified atom stereocenters. The summed E-state index contributed by atoms with van der Waals surface area (Å²) in [5.74, 6) is -0.309. The number of rotatable bonds is 5. The van der Waals surface area contributed by atoms with Crippen LogP contribution in [0.5, 0.6) is 0 Å². The number of aromatic nitrogens is 1. The molecule has 0 spiro atoms. The maximum absolute atomic E-state index is 12.1. The molecule has 2 N–H and O–H groups in total. The molecule has 2 aromatic rings. The molecular formula is C22H26N6O2. The summed E-state index contributed by atoms with van der Waals surface area (Å²) in [7, 11) is 3.87. The van der Waals surface area contributed by atoms with Crippen LogP contribution in [0.3, 0.4) is 0 Å². The van der Waals surface area contributed by atoms with Gasteiger partial charge in [-0.1, -0.05) is 0 Å². The molecule has 8 heteroatoms. The largest absolute Gasteiger partial charge is 0.378 e. The van der Waals surface area contributed by atoms with E-state index in [1.165, 1.54) is 0 Å². The predicted molar refractivity (Wildman–Crippen MR) is 116 cm³/mol. The molecule has 1 aromatic heterocycles. The number of nitrogens with one attached hydrogen (secondary N) is 2. The lowest BCUT2D eigenvalue weighted by Crippen LogP contribution is -2.42. The quantitative estimate of drug-likeness (QED) is 0.737. The molecule has 8 nitrogen and oxygen atoms in total. The number of pyridine rings is 1. The fourth-order valence-corrected chi connectivity index (χ4v) is 3.43. The van der Waals surface area contributed by atoms with Crippen LogP contribution in [0.15, 0.2) is 42.6 Å². The molecule has 0 radical (unpaired) electrons. The summed E-state index contributed by atoms with van der Waals surface area (Å²) >= 11 is 0. The maximum atomic E-state index is 12.1. The number of benzene rings is 1. The van der Waals surface area contributed by atoms with Crippen LogP contribution in [0.1, 0.15) is 18.4 Å². The van der Waals surface area contributed by atoms with Crippen molar-refractivity contribution in [1.82, 2.24) is 10.3 Å². The van der Waals surface area contributed by atoms with Gasteiger partial charge in [-0.15, -0.1) is 0 Å². The van der Waals surface area contributed by atoms with Gasteiger partial charge < -0.3 is 20.4 Å². The van der Waals surface area contributed by atoms with E-state index in [0.717, 1.165) is 31.6 Å². The van der Waals surface area contributed by atoms with Crippen molar-refractivity contribution in [2.75, 3.05) is 48.8 Å². The van der Waals surface area contributed by atoms with Crippen molar-refractivity contribution in [2.45, 2.75) is 12.8 Å².